The fourth-order valence-corrected chi connectivity index (χ4v) is 1.20. The van der Waals surface area contributed by atoms with Crippen LogP contribution in [-0.2, 0) is 6.42 Å². The number of nitrogens with one attached hydrogen (secondary N) is 1. The molecule has 1 aromatic heterocycles. The van der Waals surface area contributed by atoms with Gasteiger partial charge < -0.3 is 9.73 Å². The summed E-state index contributed by atoms with van der Waals surface area (Å²) in [6.07, 6.45) is 2.29. The summed E-state index contributed by atoms with van der Waals surface area (Å²) >= 11 is 0. The Labute approximate surface area is 89.4 Å². The van der Waals surface area contributed by atoms with Crippen LogP contribution in [0.4, 0.5) is 0 Å². The molecule has 4 heteroatoms. The van der Waals surface area contributed by atoms with Crippen LogP contribution < -0.4 is 5.32 Å². The molecule has 0 saturated carbocycles. The van der Waals surface area contributed by atoms with E-state index in [2.05, 4.69) is 16.9 Å². The minimum atomic E-state index is -0.284. The number of oxazole rings is 1. The maximum Gasteiger partial charge on any atom is 0.307 e. The summed E-state index contributed by atoms with van der Waals surface area (Å²) in [5.41, 5.74) is 0.763. The van der Waals surface area contributed by atoms with Crippen molar-refractivity contribution < 1.29 is 9.21 Å². The Morgan fingerprint density at radius 2 is 2.33 bits per heavy atom. The van der Waals surface area contributed by atoms with Crippen LogP contribution in [0.3, 0.4) is 0 Å². The van der Waals surface area contributed by atoms with E-state index < -0.39 is 0 Å². The lowest BCUT2D eigenvalue weighted by atomic mass is 10.3. The van der Waals surface area contributed by atoms with Crippen LogP contribution in [0.2, 0.25) is 0 Å². The van der Waals surface area contributed by atoms with E-state index in [9.17, 15) is 4.79 Å². The third kappa shape index (κ3) is 2.68. The topological polar surface area (TPSA) is 55.1 Å². The molecule has 0 aliphatic carbocycles. The molecule has 4 nitrogen and oxygen atoms in total. The van der Waals surface area contributed by atoms with Crippen molar-refractivity contribution in [2.24, 2.45) is 0 Å². The van der Waals surface area contributed by atoms with Crippen molar-refractivity contribution in [3.63, 3.8) is 0 Å². The minimum absolute atomic E-state index is 0.0710. The van der Waals surface area contributed by atoms with E-state index in [1.54, 1.807) is 6.08 Å². The molecule has 1 aromatic rings. The molecule has 1 heterocycles. The molecule has 0 aliphatic heterocycles. The fourth-order valence-electron chi connectivity index (χ4n) is 1.20. The highest BCUT2D eigenvalue weighted by Crippen LogP contribution is 2.13. The van der Waals surface area contributed by atoms with E-state index in [0.29, 0.717) is 5.76 Å². The van der Waals surface area contributed by atoms with Crippen LogP contribution in [0.25, 0.3) is 6.08 Å². The number of aromatic nitrogens is 1. The van der Waals surface area contributed by atoms with Crippen molar-refractivity contribution >= 4 is 12.0 Å². The van der Waals surface area contributed by atoms with Crippen molar-refractivity contribution in [1.82, 2.24) is 10.3 Å². The van der Waals surface area contributed by atoms with E-state index in [1.165, 1.54) is 0 Å². The zero-order valence-electron chi connectivity index (χ0n) is 9.33. The zero-order chi connectivity index (χ0) is 11.4. The molecule has 0 saturated heterocycles. The monoisotopic (exact) mass is 208 g/mol. The molecule has 1 amide bonds. The highest BCUT2D eigenvalue weighted by atomic mass is 16.4. The Hall–Kier alpha value is -1.58. The van der Waals surface area contributed by atoms with Gasteiger partial charge >= 0.3 is 5.91 Å². The van der Waals surface area contributed by atoms with Gasteiger partial charge in [-0.05, 0) is 26.3 Å². The smallest absolute Gasteiger partial charge is 0.307 e. The van der Waals surface area contributed by atoms with E-state index in [1.807, 2.05) is 20.8 Å². The van der Waals surface area contributed by atoms with Gasteiger partial charge in [-0.25, -0.2) is 4.98 Å². The number of aryl methyl sites for hydroxylation is 1. The lowest BCUT2D eigenvalue weighted by molar-refractivity contribution is 0.0907. The van der Waals surface area contributed by atoms with Crippen LogP contribution in [0.1, 0.15) is 42.9 Å². The highest BCUT2D eigenvalue weighted by molar-refractivity contribution is 5.90. The second-order valence-electron chi connectivity index (χ2n) is 3.52. The molecular formula is C11H16N2O2. The maximum absolute atomic E-state index is 11.6. The summed E-state index contributed by atoms with van der Waals surface area (Å²) in [5.74, 6) is 0.398. The molecule has 0 atom stereocenters. The van der Waals surface area contributed by atoms with Gasteiger partial charge in [0.05, 0.1) is 5.69 Å². The Balaban J connectivity index is 2.90. The van der Waals surface area contributed by atoms with Gasteiger partial charge in [-0.15, -0.1) is 0 Å². The van der Waals surface area contributed by atoms with Crippen LogP contribution in [-0.4, -0.2) is 16.9 Å². The van der Waals surface area contributed by atoms with Crippen molar-refractivity contribution in [2.45, 2.75) is 33.2 Å². The van der Waals surface area contributed by atoms with Gasteiger partial charge in [0.1, 0.15) is 0 Å². The molecule has 82 valence electrons. The summed E-state index contributed by atoms with van der Waals surface area (Å²) < 4.78 is 5.28. The molecule has 0 aromatic carbocycles. The zero-order valence-corrected chi connectivity index (χ0v) is 9.33. The number of carbonyl (C=O) groups is 1. The van der Waals surface area contributed by atoms with Gasteiger partial charge in [0.15, 0.2) is 5.76 Å². The molecular weight excluding hydrogens is 192 g/mol. The second kappa shape index (κ2) is 4.77. The Kier molecular flexibility index (Phi) is 3.66. The van der Waals surface area contributed by atoms with E-state index in [4.69, 9.17) is 4.42 Å². The summed E-state index contributed by atoms with van der Waals surface area (Å²) in [7, 11) is 0. The van der Waals surface area contributed by atoms with Crippen LogP contribution in [0.5, 0.6) is 0 Å². The molecule has 0 radical (unpaired) electrons. The van der Waals surface area contributed by atoms with E-state index in [-0.39, 0.29) is 17.8 Å². The van der Waals surface area contributed by atoms with Crippen LogP contribution in [0, 0.1) is 0 Å². The van der Waals surface area contributed by atoms with Gasteiger partial charge in [-0.3, -0.25) is 4.79 Å². The van der Waals surface area contributed by atoms with Crippen LogP contribution >= 0.6 is 0 Å². The summed E-state index contributed by atoms with van der Waals surface area (Å²) in [6.45, 7) is 9.33. The minimum Gasteiger partial charge on any atom is -0.433 e. The lowest BCUT2D eigenvalue weighted by Gasteiger charge is -2.04. The predicted molar refractivity (Wildman–Crippen MR) is 58.6 cm³/mol. The molecule has 15 heavy (non-hydrogen) atoms. The molecule has 1 N–H and O–H groups in total. The quantitative estimate of drug-likeness (QED) is 0.823. The molecule has 1 rings (SSSR count). The Bertz CT molecular complexity index is 367. The van der Waals surface area contributed by atoms with Crippen molar-refractivity contribution in [3.05, 3.63) is 23.9 Å². The van der Waals surface area contributed by atoms with Crippen molar-refractivity contribution in [3.8, 4) is 0 Å². The number of nitrogens with zero attached hydrogens (tertiary/aromatic N) is 1. The van der Waals surface area contributed by atoms with Gasteiger partial charge in [-0.2, -0.15) is 0 Å². The SMILES string of the molecule is C=Cc1oc(C(=O)NC(C)C)nc1CC. The first-order valence-corrected chi connectivity index (χ1v) is 5.01. The van der Waals surface area contributed by atoms with Crippen molar-refractivity contribution in [2.75, 3.05) is 0 Å². The number of carbonyl (C=O) groups excluding carboxylic acids is 1. The van der Waals surface area contributed by atoms with Gasteiger partial charge in [0.2, 0.25) is 0 Å². The Morgan fingerprint density at radius 3 is 2.73 bits per heavy atom. The number of rotatable bonds is 4. The largest absolute Gasteiger partial charge is 0.433 e. The molecule has 0 unspecified atom stereocenters. The fraction of sp³-hybridized carbons (Fsp3) is 0.455. The normalized spacial score (nSPS) is 10.4. The average Bonchev–Trinajstić information content (AvgIpc) is 2.59. The van der Waals surface area contributed by atoms with E-state index in [0.717, 1.165) is 12.1 Å². The van der Waals surface area contributed by atoms with Gasteiger partial charge in [-0.1, -0.05) is 13.5 Å². The highest BCUT2D eigenvalue weighted by Gasteiger charge is 2.16. The van der Waals surface area contributed by atoms with Crippen LogP contribution in [0.15, 0.2) is 11.0 Å². The van der Waals surface area contributed by atoms with Crippen molar-refractivity contribution in [1.29, 1.82) is 0 Å². The summed E-state index contributed by atoms with van der Waals surface area (Å²) in [6, 6.07) is 0.0710. The summed E-state index contributed by atoms with van der Waals surface area (Å²) in [4.78, 5) is 15.7. The first-order chi connectivity index (χ1) is 7.08. The van der Waals surface area contributed by atoms with Gasteiger partial charge in [0.25, 0.3) is 5.89 Å². The third-order valence-electron chi connectivity index (χ3n) is 1.86. The number of hydrogen-bond acceptors (Lipinski definition) is 3. The lowest BCUT2D eigenvalue weighted by Crippen LogP contribution is -2.30. The average molecular weight is 208 g/mol. The number of amides is 1. The standard InChI is InChI=1S/C11H16N2O2/c1-5-8-9(6-2)15-11(13-8)10(14)12-7(3)4/h6-7H,2,5H2,1,3-4H3,(H,12,14). The van der Waals surface area contributed by atoms with E-state index >= 15 is 0 Å². The molecule has 0 aliphatic rings. The molecule has 0 fully saturated rings. The first kappa shape index (κ1) is 11.5. The predicted octanol–water partition coefficient (Wildman–Crippen LogP) is 2.02. The number of hydrogen-bond donors (Lipinski definition) is 1. The first-order valence-electron chi connectivity index (χ1n) is 5.01. The second-order valence-corrected chi connectivity index (χ2v) is 3.52. The molecule has 0 bridgehead atoms. The van der Waals surface area contributed by atoms with Gasteiger partial charge in [0, 0.05) is 6.04 Å². The molecule has 0 spiro atoms. The Morgan fingerprint density at radius 1 is 1.67 bits per heavy atom. The summed E-state index contributed by atoms with van der Waals surface area (Å²) in [5, 5.41) is 2.72. The third-order valence-corrected chi connectivity index (χ3v) is 1.86. The maximum atomic E-state index is 11.6.